The fourth-order valence-electron chi connectivity index (χ4n) is 2.92. The number of hydroxylamine groups is 2. The fraction of sp³-hybridized carbons (Fsp3) is 0.429. The minimum atomic E-state index is -0.184. The van der Waals surface area contributed by atoms with E-state index in [4.69, 9.17) is 0 Å². The van der Waals surface area contributed by atoms with Gasteiger partial charge in [0.15, 0.2) is 0 Å². The van der Waals surface area contributed by atoms with E-state index < -0.39 is 0 Å². The summed E-state index contributed by atoms with van der Waals surface area (Å²) in [5.74, 6) is 0. The molecular formula is C14H16N2O2. The highest BCUT2D eigenvalue weighted by molar-refractivity contribution is 5.64. The standard InChI is InChI=1S/C14H16N2O2/c17-15-10-14(11-6-2-1-3-7-11)16(18)13-9-5-4-8-12(13)15/h1-3,6-7,10,12-13H,4-5,8-9H2/t12-,13+/m1/s1. The van der Waals surface area contributed by atoms with Crippen LogP contribution in [0.5, 0.6) is 0 Å². The first-order valence-electron chi connectivity index (χ1n) is 6.46. The van der Waals surface area contributed by atoms with Crippen LogP contribution in [0.2, 0.25) is 0 Å². The van der Waals surface area contributed by atoms with Gasteiger partial charge in [-0.15, -0.1) is 0 Å². The Kier molecular flexibility index (Phi) is 2.88. The Bertz CT molecular complexity index is 484. The summed E-state index contributed by atoms with van der Waals surface area (Å²) in [5, 5.41) is 13.4. The molecule has 94 valence electrons. The van der Waals surface area contributed by atoms with Crippen LogP contribution in [0.3, 0.4) is 0 Å². The lowest BCUT2D eigenvalue weighted by Crippen LogP contribution is -2.49. The molecule has 0 aromatic heterocycles. The lowest BCUT2D eigenvalue weighted by molar-refractivity contribution is -0.536. The Morgan fingerprint density at radius 1 is 1.17 bits per heavy atom. The Labute approximate surface area is 106 Å². The first-order valence-corrected chi connectivity index (χ1v) is 6.46. The zero-order valence-electron chi connectivity index (χ0n) is 10.2. The van der Waals surface area contributed by atoms with Crippen LogP contribution in [-0.4, -0.2) is 21.9 Å². The highest BCUT2D eigenvalue weighted by atomic mass is 16.5. The molecule has 0 bridgehead atoms. The second-order valence-electron chi connectivity index (χ2n) is 4.99. The molecule has 2 aliphatic rings. The fourth-order valence-corrected chi connectivity index (χ4v) is 2.92. The quantitative estimate of drug-likeness (QED) is 0.713. The highest BCUT2D eigenvalue weighted by Gasteiger charge is 2.41. The smallest absolute Gasteiger partial charge is 0.244 e. The van der Waals surface area contributed by atoms with Crippen molar-refractivity contribution in [2.24, 2.45) is 0 Å². The summed E-state index contributed by atoms with van der Waals surface area (Å²) in [7, 11) is 0. The predicted octanol–water partition coefficient (Wildman–Crippen LogP) is 2.89. The Hall–Kier alpha value is -1.68. The van der Waals surface area contributed by atoms with Crippen molar-refractivity contribution in [3.63, 3.8) is 0 Å². The van der Waals surface area contributed by atoms with Crippen molar-refractivity contribution in [1.29, 1.82) is 0 Å². The lowest BCUT2D eigenvalue weighted by atomic mass is 9.88. The van der Waals surface area contributed by atoms with Crippen LogP contribution in [0.4, 0.5) is 0 Å². The number of hydrogen-bond acceptors (Lipinski definition) is 3. The maximum absolute atomic E-state index is 12.4. The summed E-state index contributed by atoms with van der Waals surface area (Å²) in [6.45, 7) is 0. The average molecular weight is 244 g/mol. The van der Waals surface area contributed by atoms with Crippen molar-refractivity contribution in [2.75, 3.05) is 0 Å². The van der Waals surface area contributed by atoms with Crippen LogP contribution >= 0.6 is 0 Å². The van der Waals surface area contributed by atoms with E-state index in [1.54, 1.807) is 0 Å². The van der Waals surface area contributed by atoms with E-state index >= 15 is 0 Å². The molecule has 4 heteroatoms. The normalized spacial score (nSPS) is 27.7. The maximum Gasteiger partial charge on any atom is 0.244 e. The van der Waals surface area contributed by atoms with E-state index in [9.17, 15) is 10.1 Å². The van der Waals surface area contributed by atoms with Gasteiger partial charge in [0, 0.05) is 21.7 Å². The van der Waals surface area contributed by atoms with Gasteiger partial charge in [0.25, 0.3) is 0 Å². The van der Waals surface area contributed by atoms with Crippen molar-refractivity contribution in [3.05, 3.63) is 52.2 Å². The second kappa shape index (κ2) is 4.53. The van der Waals surface area contributed by atoms with Gasteiger partial charge >= 0.3 is 0 Å². The van der Waals surface area contributed by atoms with Gasteiger partial charge in [-0.3, -0.25) is 0 Å². The molecule has 1 heterocycles. The monoisotopic (exact) mass is 244 g/mol. The van der Waals surface area contributed by atoms with Crippen molar-refractivity contribution in [3.8, 4) is 0 Å². The molecule has 18 heavy (non-hydrogen) atoms. The van der Waals surface area contributed by atoms with Crippen molar-refractivity contribution in [2.45, 2.75) is 37.8 Å². The summed E-state index contributed by atoms with van der Waals surface area (Å²) in [5.41, 5.74) is 1.31. The number of nitrogens with zero attached hydrogens (tertiary/aromatic N) is 2. The third kappa shape index (κ3) is 1.82. The van der Waals surface area contributed by atoms with Gasteiger partial charge in [0.1, 0.15) is 5.70 Å². The van der Waals surface area contributed by atoms with Crippen LogP contribution in [0.15, 0.2) is 36.5 Å². The van der Waals surface area contributed by atoms with Gasteiger partial charge in [-0.2, -0.15) is 0 Å². The molecule has 0 amide bonds. The van der Waals surface area contributed by atoms with Gasteiger partial charge in [-0.25, -0.2) is 0 Å². The third-order valence-electron chi connectivity index (χ3n) is 3.88. The van der Waals surface area contributed by atoms with E-state index in [0.29, 0.717) is 5.70 Å². The largest absolute Gasteiger partial charge is 0.758 e. The number of hydrogen-bond donors (Lipinski definition) is 0. The molecule has 0 radical (unpaired) electrons. The predicted molar refractivity (Wildman–Crippen MR) is 69.3 cm³/mol. The van der Waals surface area contributed by atoms with Crippen LogP contribution in [0.25, 0.3) is 5.70 Å². The second-order valence-corrected chi connectivity index (χ2v) is 4.99. The molecule has 0 saturated heterocycles. The maximum atomic E-state index is 12.4. The van der Waals surface area contributed by atoms with Crippen LogP contribution in [-0.2, 0) is 0 Å². The summed E-state index contributed by atoms with van der Waals surface area (Å²) >= 11 is 0. The molecule has 2 atom stereocenters. The number of benzene rings is 1. The Balaban J connectivity index is 1.98. The molecule has 1 saturated carbocycles. The zero-order chi connectivity index (χ0) is 12.5. The first-order chi connectivity index (χ1) is 8.77. The molecular weight excluding hydrogens is 228 g/mol. The van der Waals surface area contributed by atoms with Gasteiger partial charge < -0.3 is 10.3 Å². The highest BCUT2D eigenvalue weighted by Crippen LogP contribution is 2.34. The van der Waals surface area contributed by atoms with Gasteiger partial charge in [0.2, 0.25) is 12.2 Å². The average Bonchev–Trinajstić information content (AvgIpc) is 2.44. The van der Waals surface area contributed by atoms with E-state index in [1.807, 2.05) is 30.3 Å². The molecule has 0 unspecified atom stereocenters. The Morgan fingerprint density at radius 3 is 2.67 bits per heavy atom. The lowest BCUT2D eigenvalue weighted by Gasteiger charge is -2.44. The minimum Gasteiger partial charge on any atom is -0.758 e. The molecule has 1 aliphatic carbocycles. The summed E-state index contributed by atoms with van der Waals surface area (Å²) in [4.78, 5) is 12.0. The topological polar surface area (TPSA) is 46.4 Å². The van der Waals surface area contributed by atoms with E-state index in [-0.39, 0.29) is 12.1 Å². The molecule has 0 spiro atoms. The molecule has 1 fully saturated rings. The van der Waals surface area contributed by atoms with Crippen LogP contribution in [0, 0.1) is 10.1 Å². The number of fused-ring (bicyclic) bond motifs is 1. The molecule has 4 nitrogen and oxygen atoms in total. The van der Waals surface area contributed by atoms with Gasteiger partial charge in [-0.05, 0) is 12.8 Å². The summed E-state index contributed by atoms with van der Waals surface area (Å²) in [6.07, 6.45) is 5.18. The van der Waals surface area contributed by atoms with Crippen LogP contribution < -0.4 is 0 Å². The summed E-state index contributed by atoms with van der Waals surface area (Å²) in [6, 6.07) is 9.06. The molecule has 1 aliphatic heterocycles. The van der Waals surface area contributed by atoms with E-state index in [1.165, 1.54) is 6.20 Å². The molecule has 3 rings (SSSR count). The molecule has 0 N–H and O–H groups in total. The zero-order valence-corrected chi connectivity index (χ0v) is 10.2. The Morgan fingerprint density at radius 2 is 1.89 bits per heavy atom. The first kappa shape index (κ1) is 11.4. The third-order valence-corrected chi connectivity index (χ3v) is 3.88. The van der Waals surface area contributed by atoms with Gasteiger partial charge in [0.05, 0.1) is 6.04 Å². The number of rotatable bonds is 1. The molecule has 1 aromatic rings. The molecule has 1 aromatic carbocycles. The van der Waals surface area contributed by atoms with E-state index in [2.05, 4.69) is 0 Å². The van der Waals surface area contributed by atoms with Crippen molar-refractivity contribution < 1.29 is 4.76 Å². The van der Waals surface area contributed by atoms with Crippen molar-refractivity contribution >= 4 is 5.70 Å². The van der Waals surface area contributed by atoms with Gasteiger partial charge in [-0.1, -0.05) is 36.8 Å². The SMILES string of the molecule is O=[N+]1C=C(c2ccccc2)N([O-])[C@H]2CCCC[C@H]21. The van der Waals surface area contributed by atoms with Crippen molar-refractivity contribution in [1.82, 2.24) is 5.06 Å². The summed E-state index contributed by atoms with van der Waals surface area (Å²) < 4.78 is 0.987. The van der Waals surface area contributed by atoms with E-state index in [0.717, 1.165) is 41.1 Å². The minimum absolute atomic E-state index is 0.163. The van der Waals surface area contributed by atoms with Crippen LogP contribution in [0.1, 0.15) is 31.2 Å². The number of nitroso groups, excluding NO2 is 1.